The van der Waals surface area contributed by atoms with Crippen molar-refractivity contribution in [1.29, 1.82) is 0 Å². The van der Waals surface area contributed by atoms with Crippen LogP contribution in [-0.4, -0.2) is 47.6 Å². The molecular weight excluding hydrogens is 198 g/mol. The number of aliphatic hydroxyl groups is 2. The molecule has 0 aromatic heterocycles. The summed E-state index contributed by atoms with van der Waals surface area (Å²) >= 11 is 0. The van der Waals surface area contributed by atoms with Crippen LogP contribution in [0.4, 0.5) is 0 Å². The molecule has 88 valence electrons. The molecule has 0 aromatic rings. The summed E-state index contributed by atoms with van der Waals surface area (Å²) in [6.45, 7) is 1.88. The van der Waals surface area contributed by atoms with E-state index in [1.165, 1.54) is 0 Å². The summed E-state index contributed by atoms with van der Waals surface area (Å²) in [5.74, 6) is -0.238. The van der Waals surface area contributed by atoms with Crippen LogP contribution in [0.3, 0.4) is 0 Å². The highest BCUT2D eigenvalue weighted by Crippen LogP contribution is 2.15. The molecule has 1 rings (SSSR count). The van der Waals surface area contributed by atoms with Gasteiger partial charge in [-0.1, -0.05) is 6.92 Å². The Morgan fingerprint density at radius 1 is 1.53 bits per heavy atom. The van der Waals surface area contributed by atoms with Crippen molar-refractivity contribution < 1.29 is 19.7 Å². The van der Waals surface area contributed by atoms with E-state index in [1.54, 1.807) is 0 Å². The van der Waals surface area contributed by atoms with Gasteiger partial charge in [0.15, 0.2) is 0 Å². The lowest BCUT2D eigenvalue weighted by Crippen LogP contribution is -2.56. The van der Waals surface area contributed by atoms with Crippen molar-refractivity contribution >= 4 is 5.91 Å². The van der Waals surface area contributed by atoms with Gasteiger partial charge in [0.25, 0.3) is 0 Å². The van der Waals surface area contributed by atoms with Crippen molar-refractivity contribution in [3.8, 4) is 0 Å². The monoisotopic (exact) mass is 217 g/mol. The normalized spacial score (nSPS) is 21.7. The van der Waals surface area contributed by atoms with E-state index in [9.17, 15) is 4.79 Å². The van der Waals surface area contributed by atoms with Crippen LogP contribution in [0, 0.1) is 0 Å². The van der Waals surface area contributed by atoms with Gasteiger partial charge in [-0.2, -0.15) is 0 Å². The van der Waals surface area contributed by atoms with Crippen LogP contribution in [0.5, 0.6) is 0 Å². The van der Waals surface area contributed by atoms with Crippen molar-refractivity contribution in [1.82, 2.24) is 5.32 Å². The van der Waals surface area contributed by atoms with Gasteiger partial charge in [0.2, 0.25) is 5.91 Å². The summed E-state index contributed by atoms with van der Waals surface area (Å²) in [7, 11) is 0. The van der Waals surface area contributed by atoms with E-state index in [-0.39, 0.29) is 19.1 Å². The number of carbonyl (C=O) groups is 1. The van der Waals surface area contributed by atoms with E-state index < -0.39 is 11.6 Å². The number of hydrogen-bond donors (Lipinski definition) is 3. The quantitative estimate of drug-likeness (QED) is 0.575. The molecule has 5 nitrogen and oxygen atoms in total. The Kier molecular flexibility index (Phi) is 4.50. The molecule has 1 heterocycles. The topological polar surface area (TPSA) is 78.8 Å². The molecule has 1 amide bonds. The lowest BCUT2D eigenvalue weighted by atomic mass is 9.98. The summed E-state index contributed by atoms with van der Waals surface area (Å²) in [5.41, 5.74) is -0.914. The van der Waals surface area contributed by atoms with Gasteiger partial charge in [-0.15, -0.1) is 0 Å². The van der Waals surface area contributed by atoms with Crippen LogP contribution in [-0.2, 0) is 9.53 Å². The lowest BCUT2D eigenvalue weighted by molar-refractivity contribution is -0.133. The maximum absolute atomic E-state index is 11.7. The summed E-state index contributed by atoms with van der Waals surface area (Å²) in [6.07, 6.45) is 1.66. The van der Waals surface area contributed by atoms with Crippen LogP contribution >= 0.6 is 0 Å². The first-order valence-corrected chi connectivity index (χ1v) is 5.33. The van der Waals surface area contributed by atoms with Crippen LogP contribution in [0.1, 0.15) is 26.2 Å². The zero-order valence-corrected chi connectivity index (χ0v) is 9.03. The zero-order chi connectivity index (χ0) is 11.3. The highest BCUT2D eigenvalue weighted by atomic mass is 16.5. The Labute approximate surface area is 89.4 Å². The third-order valence-electron chi connectivity index (χ3n) is 2.89. The first-order chi connectivity index (χ1) is 7.17. The molecule has 1 aliphatic heterocycles. The largest absolute Gasteiger partial charge is 0.394 e. The van der Waals surface area contributed by atoms with E-state index in [0.29, 0.717) is 19.4 Å². The average molecular weight is 217 g/mol. The fraction of sp³-hybridized carbons (Fsp3) is 0.900. The van der Waals surface area contributed by atoms with Gasteiger partial charge in [-0.3, -0.25) is 4.79 Å². The summed E-state index contributed by atoms with van der Waals surface area (Å²) in [6, 6.07) is 0. The Balaban J connectivity index is 2.53. The van der Waals surface area contributed by atoms with E-state index in [4.69, 9.17) is 14.9 Å². The highest BCUT2D eigenvalue weighted by Gasteiger charge is 2.33. The van der Waals surface area contributed by atoms with Crippen molar-refractivity contribution in [2.45, 2.75) is 37.8 Å². The third kappa shape index (κ3) is 2.90. The molecule has 0 aromatic carbocycles. The maximum Gasteiger partial charge on any atom is 0.249 e. The number of nitrogens with one attached hydrogen (secondary N) is 1. The average Bonchev–Trinajstić information content (AvgIpc) is 2.79. The molecule has 1 aliphatic rings. The minimum absolute atomic E-state index is 0.238. The predicted molar refractivity (Wildman–Crippen MR) is 54.3 cm³/mol. The van der Waals surface area contributed by atoms with Gasteiger partial charge in [0.1, 0.15) is 6.10 Å². The summed E-state index contributed by atoms with van der Waals surface area (Å²) in [4.78, 5) is 11.7. The van der Waals surface area contributed by atoms with Crippen molar-refractivity contribution in [3.63, 3.8) is 0 Å². The van der Waals surface area contributed by atoms with E-state index in [2.05, 4.69) is 5.32 Å². The number of aliphatic hydroxyl groups excluding tert-OH is 2. The smallest absolute Gasteiger partial charge is 0.249 e. The Morgan fingerprint density at radius 2 is 2.20 bits per heavy atom. The molecular formula is C10H19NO4. The summed E-state index contributed by atoms with van der Waals surface area (Å²) in [5, 5.41) is 21.0. The number of hydrogen-bond acceptors (Lipinski definition) is 4. The van der Waals surface area contributed by atoms with Gasteiger partial charge in [0, 0.05) is 6.61 Å². The number of ether oxygens (including phenoxy) is 1. The molecule has 5 heteroatoms. The van der Waals surface area contributed by atoms with Gasteiger partial charge in [-0.05, 0) is 19.3 Å². The molecule has 0 radical (unpaired) electrons. The Bertz CT molecular complexity index is 201. The zero-order valence-electron chi connectivity index (χ0n) is 9.03. The van der Waals surface area contributed by atoms with Crippen LogP contribution < -0.4 is 5.32 Å². The predicted octanol–water partition coefficient (Wildman–Crippen LogP) is -0.585. The van der Waals surface area contributed by atoms with E-state index in [1.807, 2.05) is 6.92 Å². The maximum atomic E-state index is 11.7. The second-order valence-corrected chi connectivity index (χ2v) is 3.94. The van der Waals surface area contributed by atoms with Gasteiger partial charge < -0.3 is 20.3 Å². The number of amides is 1. The number of carbonyl (C=O) groups excluding carboxylic acids is 1. The molecule has 0 aliphatic carbocycles. The van der Waals surface area contributed by atoms with Crippen molar-refractivity contribution in [2.75, 3.05) is 19.8 Å². The van der Waals surface area contributed by atoms with Gasteiger partial charge in [-0.25, -0.2) is 0 Å². The second kappa shape index (κ2) is 5.44. The van der Waals surface area contributed by atoms with Crippen LogP contribution in [0.15, 0.2) is 0 Å². The number of rotatable bonds is 5. The molecule has 0 bridgehead atoms. The molecule has 1 atom stereocenters. The first kappa shape index (κ1) is 12.4. The Morgan fingerprint density at radius 3 is 2.60 bits per heavy atom. The fourth-order valence-electron chi connectivity index (χ4n) is 1.57. The summed E-state index contributed by atoms with van der Waals surface area (Å²) < 4.78 is 5.22. The lowest BCUT2D eigenvalue weighted by Gasteiger charge is -2.30. The highest BCUT2D eigenvalue weighted by molar-refractivity contribution is 5.81. The SMILES string of the molecule is CCC(CO)(CO)NC(=O)C1CCCO1. The van der Waals surface area contributed by atoms with Crippen molar-refractivity contribution in [3.05, 3.63) is 0 Å². The molecule has 1 saturated heterocycles. The standard InChI is InChI=1S/C10H19NO4/c1-2-10(6-12,7-13)11-9(14)8-4-3-5-15-8/h8,12-13H,2-7H2,1H3,(H,11,14). The fourth-order valence-corrected chi connectivity index (χ4v) is 1.57. The van der Waals surface area contributed by atoms with E-state index >= 15 is 0 Å². The van der Waals surface area contributed by atoms with Gasteiger partial charge in [0.05, 0.1) is 18.8 Å². The molecule has 3 N–H and O–H groups in total. The van der Waals surface area contributed by atoms with Crippen LogP contribution in [0.25, 0.3) is 0 Å². The second-order valence-electron chi connectivity index (χ2n) is 3.94. The van der Waals surface area contributed by atoms with Crippen molar-refractivity contribution in [2.24, 2.45) is 0 Å². The molecule has 1 unspecified atom stereocenters. The minimum Gasteiger partial charge on any atom is -0.394 e. The van der Waals surface area contributed by atoms with Crippen LogP contribution in [0.2, 0.25) is 0 Å². The van der Waals surface area contributed by atoms with E-state index in [0.717, 1.165) is 6.42 Å². The molecule has 15 heavy (non-hydrogen) atoms. The minimum atomic E-state index is -0.914. The molecule has 0 saturated carbocycles. The first-order valence-electron chi connectivity index (χ1n) is 5.33. The molecule has 0 spiro atoms. The third-order valence-corrected chi connectivity index (χ3v) is 2.89. The Hall–Kier alpha value is -0.650. The molecule has 1 fully saturated rings. The van der Waals surface area contributed by atoms with Gasteiger partial charge >= 0.3 is 0 Å².